The van der Waals surface area contributed by atoms with Gasteiger partial charge in [-0.15, -0.1) is 0 Å². The van der Waals surface area contributed by atoms with Gasteiger partial charge in [0.25, 0.3) is 0 Å². The first-order chi connectivity index (χ1) is 7.77. The molecule has 0 bridgehead atoms. The van der Waals surface area contributed by atoms with Gasteiger partial charge < -0.3 is 4.74 Å². The predicted octanol–water partition coefficient (Wildman–Crippen LogP) is 3.15. The van der Waals surface area contributed by atoms with Crippen LogP contribution in [0.3, 0.4) is 0 Å². The van der Waals surface area contributed by atoms with Crippen molar-refractivity contribution in [3.05, 3.63) is 11.8 Å². The van der Waals surface area contributed by atoms with Crippen molar-refractivity contribution in [2.45, 2.75) is 56.6 Å². The molecule has 0 spiro atoms. The van der Waals surface area contributed by atoms with Crippen molar-refractivity contribution in [2.75, 3.05) is 12.4 Å². The van der Waals surface area contributed by atoms with Gasteiger partial charge in [-0.25, -0.2) is 0 Å². The first-order valence-corrected chi connectivity index (χ1v) is 7.77. The molecule has 1 aliphatic carbocycles. The van der Waals surface area contributed by atoms with E-state index < -0.39 is 10.8 Å². The Morgan fingerprint density at radius 3 is 2.69 bits per heavy atom. The van der Waals surface area contributed by atoms with Gasteiger partial charge in [-0.3, -0.25) is 4.21 Å². The Labute approximate surface area is 101 Å². The van der Waals surface area contributed by atoms with Gasteiger partial charge in [0.15, 0.2) is 0 Å². The number of allylic oxidation sites excluding steroid dienone is 1. The summed E-state index contributed by atoms with van der Waals surface area (Å²) in [5.41, 5.74) is 1.47. The fourth-order valence-electron chi connectivity index (χ4n) is 2.44. The van der Waals surface area contributed by atoms with E-state index in [1.807, 2.05) is 6.26 Å². The average Bonchev–Trinajstić information content (AvgIpc) is 2.73. The molecule has 1 aliphatic heterocycles. The quantitative estimate of drug-likeness (QED) is 0.406. The molecule has 0 aromatic heterocycles. The molecule has 92 valence electrons. The minimum absolute atomic E-state index is 0.170. The van der Waals surface area contributed by atoms with Crippen molar-refractivity contribution in [3.63, 3.8) is 0 Å². The van der Waals surface area contributed by atoms with Crippen molar-refractivity contribution in [1.82, 2.24) is 0 Å². The second-order valence-corrected chi connectivity index (χ2v) is 6.83. The standard InChI is InChI=1S/C13H22O2S/c1-2-13(11-16(13)14)8-5-9-15-10-12-6-3-4-7-12/h10H,2-9,11H2,1H3. The summed E-state index contributed by atoms with van der Waals surface area (Å²) in [6.07, 6.45) is 10.2. The number of rotatable bonds is 6. The van der Waals surface area contributed by atoms with Crippen molar-refractivity contribution in [2.24, 2.45) is 0 Å². The Balaban J connectivity index is 1.58. The van der Waals surface area contributed by atoms with Crippen LogP contribution in [0.25, 0.3) is 0 Å². The Kier molecular flexibility index (Phi) is 4.06. The van der Waals surface area contributed by atoms with Crippen LogP contribution in [0.15, 0.2) is 11.8 Å². The summed E-state index contributed by atoms with van der Waals surface area (Å²) < 4.78 is 17.1. The van der Waals surface area contributed by atoms with Crippen LogP contribution in [0.1, 0.15) is 51.9 Å². The molecular formula is C13H22O2S. The molecular weight excluding hydrogens is 220 g/mol. The molecule has 0 aromatic carbocycles. The largest absolute Gasteiger partial charge is 0.501 e. The highest BCUT2D eigenvalue weighted by atomic mass is 32.2. The van der Waals surface area contributed by atoms with E-state index >= 15 is 0 Å². The highest BCUT2D eigenvalue weighted by molar-refractivity contribution is 7.94. The van der Waals surface area contributed by atoms with Gasteiger partial charge in [0, 0.05) is 16.6 Å². The van der Waals surface area contributed by atoms with Crippen molar-refractivity contribution in [3.8, 4) is 0 Å². The minimum Gasteiger partial charge on any atom is -0.501 e. The number of ether oxygens (including phenoxy) is 1. The first kappa shape index (κ1) is 12.2. The molecule has 0 aromatic rings. The third-order valence-electron chi connectivity index (χ3n) is 3.82. The van der Waals surface area contributed by atoms with Crippen LogP contribution >= 0.6 is 0 Å². The second kappa shape index (κ2) is 5.35. The van der Waals surface area contributed by atoms with Crippen LogP contribution in [0, 0.1) is 0 Å². The predicted molar refractivity (Wildman–Crippen MR) is 67.8 cm³/mol. The van der Waals surface area contributed by atoms with Gasteiger partial charge in [-0.1, -0.05) is 6.92 Å². The zero-order chi connectivity index (χ0) is 11.4. The maximum Gasteiger partial charge on any atom is 0.0873 e. The lowest BCUT2D eigenvalue weighted by Gasteiger charge is -2.08. The monoisotopic (exact) mass is 242 g/mol. The highest BCUT2D eigenvalue weighted by Crippen LogP contribution is 2.39. The fourth-order valence-corrected chi connectivity index (χ4v) is 4.04. The van der Waals surface area contributed by atoms with Crippen LogP contribution < -0.4 is 0 Å². The van der Waals surface area contributed by atoms with Gasteiger partial charge in [0.2, 0.25) is 0 Å². The Hall–Kier alpha value is -0.310. The Morgan fingerprint density at radius 1 is 1.44 bits per heavy atom. The van der Waals surface area contributed by atoms with E-state index in [4.69, 9.17) is 4.74 Å². The maximum atomic E-state index is 11.4. The summed E-state index contributed by atoms with van der Waals surface area (Å²) in [5.74, 6) is 0.921. The van der Waals surface area contributed by atoms with E-state index in [1.165, 1.54) is 31.3 Å². The van der Waals surface area contributed by atoms with Crippen LogP contribution in [0.5, 0.6) is 0 Å². The molecule has 2 rings (SSSR count). The number of hydrogen-bond acceptors (Lipinski definition) is 2. The van der Waals surface area contributed by atoms with Gasteiger partial charge in [-0.2, -0.15) is 0 Å². The van der Waals surface area contributed by atoms with Crippen molar-refractivity contribution < 1.29 is 8.95 Å². The Bertz CT molecular complexity index is 290. The minimum atomic E-state index is -0.536. The molecule has 1 heterocycles. The zero-order valence-electron chi connectivity index (χ0n) is 10.2. The molecule has 2 atom stereocenters. The van der Waals surface area contributed by atoms with Crippen LogP contribution in [-0.4, -0.2) is 21.3 Å². The van der Waals surface area contributed by atoms with Crippen LogP contribution in [-0.2, 0) is 15.5 Å². The molecule has 0 N–H and O–H groups in total. The average molecular weight is 242 g/mol. The van der Waals surface area contributed by atoms with E-state index in [0.29, 0.717) is 0 Å². The lowest BCUT2D eigenvalue weighted by atomic mass is 10.0. The Morgan fingerprint density at radius 2 is 2.12 bits per heavy atom. The van der Waals surface area contributed by atoms with Gasteiger partial charge in [0.05, 0.1) is 17.6 Å². The smallest absolute Gasteiger partial charge is 0.0873 e. The lowest BCUT2D eigenvalue weighted by molar-refractivity contribution is 0.235. The maximum absolute atomic E-state index is 11.4. The van der Waals surface area contributed by atoms with Crippen molar-refractivity contribution in [1.29, 1.82) is 0 Å². The van der Waals surface area contributed by atoms with E-state index in [2.05, 4.69) is 6.92 Å². The number of hydrogen-bond donors (Lipinski definition) is 0. The molecule has 16 heavy (non-hydrogen) atoms. The van der Waals surface area contributed by atoms with Gasteiger partial charge in [0.1, 0.15) is 0 Å². The molecule has 2 aliphatic rings. The molecule has 2 unspecified atom stereocenters. The molecule has 1 saturated carbocycles. The SMILES string of the molecule is CCC1(CCCOC=C2CCCC2)CS1=O. The fraction of sp³-hybridized carbons (Fsp3) is 0.846. The van der Waals surface area contributed by atoms with E-state index in [-0.39, 0.29) is 4.75 Å². The summed E-state index contributed by atoms with van der Waals surface area (Å²) >= 11 is 0. The zero-order valence-corrected chi connectivity index (χ0v) is 11.0. The molecule has 0 amide bonds. The molecule has 2 fully saturated rings. The lowest BCUT2D eigenvalue weighted by Crippen LogP contribution is -2.10. The summed E-state index contributed by atoms with van der Waals surface area (Å²) in [4.78, 5) is 0. The first-order valence-electron chi connectivity index (χ1n) is 6.45. The third kappa shape index (κ3) is 2.88. The summed E-state index contributed by atoms with van der Waals surface area (Å²) in [5, 5.41) is 0. The van der Waals surface area contributed by atoms with Gasteiger partial charge >= 0.3 is 0 Å². The normalized spacial score (nSPS) is 32.8. The van der Waals surface area contributed by atoms with Crippen LogP contribution in [0.4, 0.5) is 0 Å². The van der Waals surface area contributed by atoms with Crippen LogP contribution in [0.2, 0.25) is 0 Å². The highest BCUT2D eigenvalue weighted by Gasteiger charge is 2.49. The van der Waals surface area contributed by atoms with E-state index in [1.54, 1.807) is 0 Å². The topological polar surface area (TPSA) is 26.3 Å². The summed E-state index contributed by atoms with van der Waals surface area (Å²) in [7, 11) is -0.536. The third-order valence-corrected chi connectivity index (χ3v) is 5.89. The summed E-state index contributed by atoms with van der Waals surface area (Å²) in [6, 6.07) is 0. The van der Waals surface area contributed by atoms with E-state index in [0.717, 1.165) is 31.6 Å². The molecule has 2 nitrogen and oxygen atoms in total. The molecule has 1 saturated heterocycles. The van der Waals surface area contributed by atoms with Crippen molar-refractivity contribution >= 4 is 10.8 Å². The molecule has 3 heteroatoms. The second-order valence-electron chi connectivity index (χ2n) is 4.98. The molecule has 0 radical (unpaired) electrons. The van der Waals surface area contributed by atoms with Gasteiger partial charge in [-0.05, 0) is 50.5 Å². The van der Waals surface area contributed by atoms with E-state index in [9.17, 15) is 4.21 Å². The summed E-state index contributed by atoms with van der Waals surface area (Å²) in [6.45, 7) is 2.94.